The normalized spacial score (nSPS) is 10.5. The topological polar surface area (TPSA) is 87.4 Å². The maximum Gasteiger partial charge on any atom is 0.353 e. The molecule has 1 amide bonds. The molecule has 0 fully saturated rings. The highest BCUT2D eigenvalue weighted by molar-refractivity contribution is 5.93. The number of benzene rings is 2. The van der Waals surface area contributed by atoms with Crippen LogP contribution < -0.4 is 15.9 Å². The monoisotopic (exact) mass is 354 g/mol. The van der Waals surface area contributed by atoms with E-state index in [0.717, 1.165) is 0 Å². The smallest absolute Gasteiger partial charge is 0.353 e. The fourth-order valence-corrected chi connectivity index (χ4v) is 2.46. The van der Waals surface area contributed by atoms with Crippen LogP contribution in [0, 0.1) is 0 Å². The third kappa shape index (κ3) is 3.50. The number of nitrogens with one attached hydrogen (secondary N) is 1. The molecule has 2 aromatic carbocycles. The molecule has 0 saturated carbocycles. The molecule has 0 aliphatic heterocycles. The van der Waals surface area contributed by atoms with E-state index in [4.69, 9.17) is 9.57 Å². The molecular weight excluding hydrogens is 336 g/mol. The van der Waals surface area contributed by atoms with Crippen LogP contribution in [0.2, 0.25) is 0 Å². The number of methoxy groups -OCH3 is 1. The number of hydrogen-bond acceptors (Lipinski definition) is 5. The lowest BCUT2D eigenvalue weighted by Crippen LogP contribution is -2.25. The van der Waals surface area contributed by atoms with E-state index in [1.165, 1.54) is 16.4 Å². The molecule has 0 atom stereocenters. The molecule has 134 valence electrons. The van der Waals surface area contributed by atoms with Crippen molar-refractivity contribution in [2.24, 2.45) is 7.05 Å². The van der Waals surface area contributed by atoms with Crippen molar-refractivity contribution in [2.75, 3.05) is 7.11 Å². The number of hydroxylamine groups is 1. The van der Waals surface area contributed by atoms with Crippen molar-refractivity contribution in [3.05, 3.63) is 76.2 Å². The lowest BCUT2D eigenvalue weighted by atomic mass is 10.2. The van der Waals surface area contributed by atoms with Gasteiger partial charge in [0.05, 0.1) is 12.8 Å². The summed E-state index contributed by atoms with van der Waals surface area (Å²) < 4.78 is 7.71. The number of ether oxygens (including phenoxy) is 1. The first-order valence-corrected chi connectivity index (χ1v) is 7.87. The summed E-state index contributed by atoms with van der Waals surface area (Å²) in [4.78, 5) is 29.7. The van der Waals surface area contributed by atoms with Gasteiger partial charge in [-0.15, -0.1) is 5.10 Å². The second kappa shape index (κ2) is 7.66. The Balaban J connectivity index is 1.79. The third-order valence-corrected chi connectivity index (χ3v) is 3.74. The highest BCUT2D eigenvalue weighted by Gasteiger charge is 2.16. The first-order valence-electron chi connectivity index (χ1n) is 7.87. The Morgan fingerprint density at radius 3 is 2.54 bits per heavy atom. The maximum absolute atomic E-state index is 12.3. The van der Waals surface area contributed by atoms with Crippen LogP contribution in [0.3, 0.4) is 0 Å². The van der Waals surface area contributed by atoms with Crippen molar-refractivity contribution < 1.29 is 14.4 Å². The van der Waals surface area contributed by atoms with Gasteiger partial charge in [0.15, 0.2) is 0 Å². The number of aryl methyl sites for hydroxylation is 1. The molecule has 3 aromatic rings. The zero-order valence-corrected chi connectivity index (χ0v) is 14.4. The summed E-state index contributed by atoms with van der Waals surface area (Å²) in [7, 11) is 2.98. The molecule has 1 heterocycles. The summed E-state index contributed by atoms with van der Waals surface area (Å²) in [6.45, 7) is 0.0687. The Hall–Kier alpha value is -3.39. The van der Waals surface area contributed by atoms with Crippen molar-refractivity contribution in [3.8, 4) is 11.7 Å². The minimum atomic E-state index is -0.348. The summed E-state index contributed by atoms with van der Waals surface area (Å²) in [5.74, 6) is -0.348. The number of nitrogens with zero attached hydrogens (tertiary/aromatic N) is 3. The number of amides is 1. The molecule has 1 N–H and O–H groups in total. The van der Waals surface area contributed by atoms with Gasteiger partial charge in [0.2, 0.25) is 0 Å². The molecule has 26 heavy (non-hydrogen) atoms. The van der Waals surface area contributed by atoms with Crippen LogP contribution in [0.1, 0.15) is 15.9 Å². The Morgan fingerprint density at radius 1 is 1.12 bits per heavy atom. The first kappa shape index (κ1) is 17.4. The Kier molecular flexibility index (Phi) is 5.14. The molecule has 0 radical (unpaired) electrons. The molecule has 0 bridgehead atoms. The van der Waals surface area contributed by atoms with Crippen molar-refractivity contribution in [1.29, 1.82) is 0 Å². The van der Waals surface area contributed by atoms with Gasteiger partial charge in [-0.3, -0.25) is 9.63 Å². The number of carbonyl (C=O) groups is 1. The number of para-hydroxylation sites is 1. The van der Waals surface area contributed by atoms with E-state index in [9.17, 15) is 9.59 Å². The fraction of sp³-hybridized carbons (Fsp3) is 0.167. The zero-order valence-electron chi connectivity index (χ0n) is 14.4. The average Bonchev–Trinajstić information content (AvgIpc) is 2.97. The fourth-order valence-electron chi connectivity index (χ4n) is 2.46. The van der Waals surface area contributed by atoms with Crippen LogP contribution in [0.25, 0.3) is 5.69 Å². The molecule has 1 aromatic heterocycles. The van der Waals surface area contributed by atoms with Crippen LogP contribution >= 0.6 is 0 Å². The largest absolute Gasteiger partial charge is 0.467 e. The highest BCUT2D eigenvalue weighted by Crippen LogP contribution is 2.18. The molecule has 8 heteroatoms. The van der Waals surface area contributed by atoms with Crippen molar-refractivity contribution in [3.63, 3.8) is 0 Å². The molecule has 0 aliphatic rings. The Labute approximate surface area is 149 Å². The van der Waals surface area contributed by atoms with E-state index in [1.807, 2.05) is 12.1 Å². The molecule has 0 saturated heterocycles. The molecule has 0 unspecified atom stereocenters. The van der Waals surface area contributed by atoms with E-state index in [0.29, 0.717) is 16.8 Å². The van der Waals surface area contributed by atoms with Gasteiger partial charge in [-0.25, -0.2) is 19.5 Å². The van der Waals surface area contributed by atoms with E-state index in [-0.39, 0.29) is 24.2 Å². The first-order chi connectivity index (χ1) is 12.6. The van der Waals surface area contributed by atoms with E-state index >= 15 is 0 Å². The quantitative estimate of drug-likeness (QED) is 0.677. The second-order valence-electron chi connectivity index (χ2n) is 5.44. The SMILES string of the molecule is COc1nn(C)c(=O)n1-c1ccccc1CONC(=O)c1ccccc1. The molecule has 8 nitrogen and oxygen atoms in total. The molecule has 0 aliphatic carbocycles. The average molecular weight is 354 g/mol. The number of rotatable bonds is 6. The lowest BCUT2D eigenvalue weighted by Gasteiger charge is -2.11. The summed E-state index contributed by atoms with van der Waals surface area (Å²) in [5, 5.41) is 4.03. The maximum atomic E-state index is 12.3. The van der Waals surface area contributed by atoms with Gasteiger partial charge in [0.1, 0.15) is 6.61 Å². The zero-order chi connectivity index (χ0) is 18.5. The van der Waals surface area contributed by atoms with Crippen LogP contribution in [0.5, 0.6) is 6.01 Å². The van der Waals surface area contributed by atoms with Crippen LogP contribution in [-0.4, -0.2) is 27.4 Å². The van der Waals surface area contributed by atoms with Gasteiger partial charge in [-0.05, 0) is 18.2 Å². The van der Waals surface area contributed by atoms with E-state index in [2.05, 4.69) is 10.6 Å². The van der Waals surface area contributed by atoms with Crippen molar-refractivity contribution >= 4 is 5.91 Å². The van der Waals surface area contributed by atoms with Crippen LogP contribution in [0.15, 0.2) is 59.4 Å². The van der Waals surface area contributed by atoms with Gasteiger partial charge in [0, 0.05) is 18.2 Å². The standard InChI is InChI=1S/C18H18N4O4/c1-21-18(24)22(17(19-21)25-2)15-11-7-6-10-14(15)12-26-20-16(23)13-8-4-3-5-9-13/h3-11H,12H2,1-2H3,(H,20,23). The Bertz CT molecular complexity index is 963. The van der Waals surface area contributed by atoms with Gasteiger partial charge < -0.3 is 4.74 Å². The summed E-state index contributed by atoms with van der Waals surface area (Å²) in [6.07, 6.45) is 0. The number of carbonyl (C=O) groups excluding carboxylic acids is 1. The minimum absolute atomic E-state index is 0.0687. The Morgan fingerprint density at radius 2 is 1.81 bits per heavy atom. The predicted octanol–water partition coefficient (Wildman–Crippen LogP) is 1.44. The number of aromatic nitrogens is 3. The predicted molar refractivity (Wildman–Crippen MR) is 94.1 cm³/mol. The second-order valence-corrected chi connectivity index (χ2v) is 5.44. The van der Waals surface area contributed by atoms with Gasteiger partial charge in [-0.1, -0.05) is 36.4 Å². The summed E-state index contributed by atoms with van der Waals surface area (Å²) >= 11 is 0. The van der Waals surface area contributed by atoms with E-state index in [1.54, 1.807) is 49.5 Å². The minimum Gasteiger partial charge on any atom is -0.467 e. The van der Waals surface area contributed by atoms with Crippen LogP contribution in [-0.2, 0) is 18.5 Å². The van der Waals surface area contributed by atoms with Gasteiger partial charge in [-0.2, -0.15) is 0 Å². The van der Waals surface area contributed by atoms with Crippen molar-refractivity contribution in [2.45, 2.75) is 6.61 Å². The third-order valence-electron chi connectivity index (χ3n) is 3.74. The summed E-state index contributed by atoms with van der Waals surface area (Å²) in [5.41, 5.74) is 3.80. The summed E-state index contributed by atoms with van der Waals surface area (Å²) in [6, 6.07) is 16.1. The van der Waals surface area contributed by atoms with Crippen LogP contribution in [0.4, 0.5) is 0 Å². The molecular formula is C18H18N4O4. The van der Waals surface area contributed by atoms with E-state index < -0.39 is 0 Å². The van der Waals surface area contributed by atoms with Gasteiger partial charge >= 0.3 is 11.7 Å². The molecule has 0 spiro atoms. The lowest BCUT2D eigenvalue weighted by molar-refractivity contribution is 0.0233. The van der Waals surface area contributed by atoms with Crippen molar-refractivity contribution in [1.82, 2.24) is 19.8 Å². The molecule has 3 rings (SSSR count). The van der Waals surface area contributed by atoms with Gasteiger partial charge in [0.25, 0.3) is 5.91 Å². The number of hydrogen-bond donors (Lipinski definition) is 1. The highest BCUT2D eigenvalue weighted by atomic mass is 16.6.